The van der Waals surface area contributed by atoms with Crippen LogP contribution in [0.3, 0.4) is 0 Å². The normalized spacial score (nSPS) is 17.9. The second kappa shape index (κ2) is 7.07. The lowest BCUT2D eigenvalue weighted by molar-refractivity contribution is -0.137. The van der Waals surface area contributed by atoms with Gasteiger partial charge in [0, 0.05) is 20.5 Å². The second-order valence-corrected chi connectivity index (χ2v) is 6.79. The Morgan fingerprint density at radius 2 is 1.90 bits per heavy atom. The van der Waals surface area contributed by atoms with Crippen molar-refractivity contribution in [2.45, 2.75) is 52.5 Å². The monoisotopic (exact) mass is 283 g/mol. The highest BCUT2D eigenvalue weighted by molar-refractivity contribution is 5.87. The number of amides is 2. The number of likely N-dealkylation sites (N-methyl/N-ethyl adjacent to an activating group) is 1. The van der Waals surface area contributed by atoms with E-state index in [2.05, 4.69) is 5.32 Å². The summed E-state index contributed by atoms with van der Waals surface area (Å²) in [7, 11) is 1.80. The number of hydrogen-bond donors (Lipinski definition) is 2. The Morgan fingerprint density at radius 3 is 2.35 bits per heavy atom. The van der Waals surface area contributed by atoms with Gasteiger partial charge in [0.1, 0.15) is 6.04 Å². The van der Waals surface area contributed by atoms with Gasteiger partial charge in [-0.3, -0.25) is 9.59 Å². The Balaban J connectivity index is 2.73. The Labute approximate surface area is 122 Å². The average Bonchev–Trinajstić information content (AvgIpc) is 2.88. The molecule has 5 nitrogen and oxygen atoms in total. The maximum absolute atomic E-state index is 12.6. The van der Waals surface area contributed by atoms with Gasteiger partial charge in [-0.15, -0.1) is 0 Å². The maximum atomic E-state index is 12.6. The van der Waals surface area contributed by atoms with Crippen molar-refractivity contribution in [3.63, 3.8) is 0 Å². The van der Waals surface area contributed by atoms with Gasteiger partial charge in [-0.1, -0.05) is 26.7 Å². The minimum absolute atomic E-state index is 0.00799. The Bertz CT molecular complexity index is 349. The minimum Gasteiger partial charge on any atom is -0.344 e. The van der Waals surface area contributed by atoms with Crippen LogP contribution in [0.25, 0.3) is 0 Å². The first-order chi connectivity index (χ1) is 9.26. The topological polar surface area (TPSA) is 75.4 Å². The van der Waals surface area contributed by atoms with Crippen LogP contribution in [0.4, 0.5) is 0 Å². The van der Waals surface area contributed by atoms with Crippen molar-refractivity contribution in [1.82, 2.24) is 10.2 Å². The van der Waals surface area contributed by atoms with Crippen molar-refractivity contribution in [3.05, 3.63) is 0 Å². The molecule has 0 aromatic heterocycles. The van der Waals surface area contributed by atoms with E-state index < -0.39 is 0 Å². The van der Waals surface area contributed by atoms with Crippen LogP contribution in [0.2, 0.25) is 0 Å². The van der Waals surface area contributed by atoms with E-state index in [-0.39, 0.29) is 29.2 Å². The average molecular weight is 283 g/mol. The quantitative estimate of drug-likeness (QED) is 0.767. The molecule has 1 aliphatic rings. The molecule has 0 radical (unpaired) electrons. The van der Waals surface area contributed by atoms with Gasteiger partial charge in [0.15, 0.2) is 0 Å². The summed E-state index contributed by atoms with van der Waals surface area (Å²) in [5.41, 5.74) is 5.62. The lowest BCUT2D eigenvalue weighted by atomic mass is 9.91. The second-order valence-electron chi connectivity index (χ2n) is 6.79. The van der Waals surface area contributed by atoms with Gasteiger partial charge in [0.2, 0.25) is 11.8 Å². The van der Waals surface area contributed by atoms with E-state index in [1.807, 2.05) is 13.8 Å². The number of carbonyl (C=O) groups is 2. The standard InChI is InChI=1S/C15H29N3O2/c1-11(19)17-13(12-7-5-6-8-12)14(20)18(4)10-15(2,3)9-16/h12-13H,5-10,16H2,1-4H3,(H,17,19). The molecule has 0 aromatic rings. The summed E-state index contributed by atoms with van der Waals surface area (Å²) >= 11 is 0. The molecule has 0 spiro atoms. The molecule has 1 unspecified atom stereocenters. The van der Waals surface area contributed by atoms with E-state index in [1.165, 1.54) is 6.92 Å². The first-order valence-electron chi connectivity index (χ1n) is 7.49. The van der Waals surface area contributed by atoms with Crippen LogP contribution < -0.4 is 11.1 Å². The van der Waals surface area contributed by atoms with Gasteiger partial charge in [-0.25, -0.2) is 0 Å². The van der Waals surface area contributed by atoms with Gasteiger partial charge in [-0.2, -0.15) is 0 Å². The van der Waals surface area contributed by atoms with Crippen molar-refractivity contribution < 1.29 is 9.59 Å². The SMILES string of the molecule is CC(=O)NC(C(=O)N(C)CC(C)(C)CN)C1CCCC1. The van der Waals surface area contributed by atoms with E-state index in [0.717, 1.165) is 25.7 Å². The fourth-order valence-electron chi connectivity index (χ4n) is 2.91. The van der Waals surface area contributed by atoms with Gasteiger partial charge < -0.3 is 16.0 Å². The highest BCUT2D eigenvalue weighted by Gasteiger charge is 2.34. The van der Waals surface area contributed by atoms with Crippen LogP contribution >= 0.6 is 0 Å². The first kappa shape index (κ1) is 17.0. The van der Waals surface area contributed by atoms with E-state index >= 15 is 0 Å². The Hall–Kier alpha value is -1.10. The van der Waals surface area contributed by atoms with Gasteiger partial charge in [-0.05, 0) is 30.7 Å². The van der Waals surface area contributed by atoms with Crippen molar-refractivity contribution in [2.75, 3.05) is 20.1 Å². The number of hydrogen-bond acceptors (Lipinski definition) is 3. The molecule has 2 amide bonds. The van der Waals surface area contributed by atoms with Crippen LogP contribution in [0.5, 0.6) is 0 Å². The zero-order chi connectivity index (χ0) is 15.3. The maximum Gasteiger partial charge on any atom is 0.245 e. The summed E-state index contributed by atoms with van der Waals surface area (Å²) in [4.78, 5) is 25.7. The summed E-state index contributed by atoms with van der Waals surface area (Å²) in [6.45, 7) is 6.68. The summed E-state index contributed by atoms with van der Waals surface area (Å²) in [6, 6.07) is -0.381. The van der Waals surface area contributed by atoms with E-state index in [9.17, 15) is 9.59 Å². The van der Waals surface area contributed by atoms with Crippen LogP contribution in [0.15, 0.2) is 0 Å². The molecule has 1 fully saturated rings. The third-order valence-electron chi connectivity index (χ3n) is 4.09. The molecule has 1 saturated carbocycles. The largest absolute Gasteiger partial charge is 0.344 e. The lowest BCUT2D eigenvalue weighted by Gasteiger charge is -2.33. The predicted molar refractivity (Wildman–Crippen MR) is 80.0 cm³/mol. The fraction of sp³-hybridized carbons (Fsp3) is 0.867. The molecular weight excluding hydrogens is 254 g/mol. The van der Waals surface area contributed by atoms with Crippen molar-refractivity contribution in [2.24, 2.45) is 17.1 Å². The fourth-order valence-corrected chi connectivity index (χ4v) is 2.91. The zero-order valence-corrected chi connectivity index (χ0v) is 13.2. The van der Waals surface area contributed by atoms with Crippen molar-refractivity contribution in [1.29, 1.82) is 0 Å². The molecule has 1 atom stereocenters. The molecule has 0 aromatic carbocycles. The molecule has 0 saturated heterocycles. The third kappa shape index (κ3) is 4.78. The summed E-state index contributed by atoms with van der Waals surface area (Å²) in [5, 5.41) is 2.84. The number of nitrogens with zero attached hydrogens (tertiary/aromatic N) is 1. The molecule has 1 aliphatic carbocycles. The van der Waals surface area contributed by atoms with Crippen LogP contribution in [0.1, 0.15) is 46.5 Å². The van der Waals surface area contributed by atoms with Crippen LogP contribution in [-0.2, 0) is 9.59 Å². The molecule has 20 heavy (non-hydrogen) atoms. The van der Waals surface area contributed by atoms with Gasteiger partial charge >= 0.3 is 0 Å². The smallest absolute Gasteiger partial charge is 0.245 e. The van der Waals surface area contributed by atoms with E-state index in [4.69, 9.17) is 5.73 Å². The molecule has 0 heterocycles. The van der Waals surface area contributed by atoms with Crippen LogP contribution in [-0.4, -0.2) is 42.9 Å². The molecule has 116 valence electrons. The highest BCUT2D eigenvalue weighted by atomic mass is 16.2. The van der Waals surface area contributed by atoms with Gasteiger partial charge in [0.05, 0.1) is 0 Å². The van der Waals surface area contributed by atoms with Crippen LogP contribution in [0, 0.1) is 11.3 Å². The number of rotatable bonds is 6. The summed E-state index contributed by atoms with van der Waals surface area (Å²) < 4.78 is 0. The molecule has 0 aliphatic heterocycles. The predicted octanol–water partition coefficient (Wildman–Crippen LogP) is 1.12. The Kier molecular flexibility index (Phi) is 5.99. The van der Waals surface area contributed by atoms with Crippen molar-refractivity contribution >= 4 is 11.8 Å². The van der Waals surface area contributed by atoms with Crippen molar-refractivity contribution in [3.8, 4) is 0 Å². The highest BCUT2D eigenvalue weighted by Crippen LogP contribution is 2.29. The molecule has 3 N–H and O–H groups in total. The minimum atomic E-state index is -0.381. The van der Waals surface area contributed by atoms with Gasteiger partial charge in [0.25, 0.3) is 0 Å². The molecule has 1 rings (SSSR count). The molecular formula is C15H29N3O2. The summed E-state index contributed by atoms with van der Waals surface area (Å²) in [5.74, 6) is 0.144. The number of carbonyl (C=O) groups excluding carboxylic acids is 2. The molecule has 0 bridgehead atoms. The van der Waals surface area contributed by atoms with E-state index in [0.29, 0.717) is 13.1 Å². The third-order valence-corrected chi connectivity index (χ3v) is 4.09. The molecule has 5 heteroatoms. The Morgan fingerprint density at radius 1 is 1.35 bits per heavy atom. The lowest BCUT2D eigenvalue weighted by Crippen LogP contribution is -2.52. The number of nitrogens with two attached hydrogens (primary N) is 1. The zero-order valence-electron chi connectivity index (χ0n) is 13.2. The number of nitrogens with one attached hydrogen (secondary N) is 1. The van der Waals surface area contributed by atoms with E-state index in [1.54, 1.807) is 11.9 Å². The first-order valence-corrected chi connectivity index (χ1v) is 7.49. The summed E-state index contributed by atoms with van der Waals surface area (Å²) in [6.07, 6.45) is 4.33.